The lowest BCUT2D eigenvalue weighted by atomic mass is 10.2. The summed E-state index contributed by atoms with van der Waals surface area (Å²) in [4.78, 5) is 4.04. The number of thiazole rings is 1. The van der Waals surface area contributed by atoms with Gasteiger partial charge in [-0.05, 0) is 0 Å². The van der Waals surface area contributed by atoms with Gasteiger partial charge < -0.3 is 0 Å². The lowest BCUT2D eigenvalue weighted by Gasteiger charge is -1.92. The van der Waals surface area contributed by atoms with Crippen LogP contribution >= 0.6 is 11.3 Å². The maximum absolute atomic E-state index is 11.5. The predicted molar refractivity (Wildman–Crippen MR) is 65.4 cm³/mol. The molecule has 0 unspecified atom stereocenters. The molecule has 4 nitrogen and oxygen atoms in total. The molecule has 6 heteroatoms. The molecule has 0 bridgehead atoms. The van der Waals surface area contributed by atoms with Crippen molar-refractivity contribution in [2.45, 2.75) is 4.21 Å². The summed E-state index contributed by atoms with van der Waals surface area (Å²) in [6, 6.07) is 11.0. The fourth-order valence-electron chi connectivity index (χ4n) is 1.33. The van der Waals surface area contributed by atoms with E-state index in [1.165, 1.54) is 0 Å². The van der Waals surface area contributed by atoms with Crippen LogP contribution in [0.2, 0.25) is 0 Å². The third-order valence-corrected chi connectivity index (χ3v) is 4.98. The molecule has 0 saturated carbocycles. The van der Waals surface area contributed by atoms with Gasteiger partial charge in [-0.2, -0.15) is 5.26 Å². The Hall–Kier alpha value is -1.71. The minimum Gasteiger partial charge on any atom is -0.224 e. The first-order chi connectivity index (χ1) is 8.02. The van der Waals surface area contributed by atoms with Gasteiger partial charge in [0.15, 0.2) is 19.7 Å². The van der Waals surface area contributed by atoms with E-state index in [0.717, 1.165) is 23.2 Å². The summed E-state index contributed by atoms with van der Waals surface area (Å²) < 4.78 is 23.0. The van der Waals surface area contributed by atoms with Gasteiger partial charge in [-0.15, -0.1) is 11.3 Å². The highest BCUT2D eigenvalue weighted by Gasteiger charge is 2.20. The van der Waals surface area contributed by atoms with Crippen molar-refractivity contribution in [1.29, 1.82) is 5.26 Å². The summed E-state index contributed by atoms with van der Waals surface area (Å²) in [5, 5.41) is 9.42. The van der Waals surface area contributed by atoms with Gasteiger partial charge in [-0.3, -0.25) is 0 Å². The molecule has 0 N–H and O–H groups in total. The highest BCUT2D eigenvalue weighted by atomic mass is 32.2. The summed E-state index contributed by atoms with van der Waals surface area (Å²) in [5.74, 6) is 0. The maximum Gasteiger partial charge on any atom is 0.187 e. The van der Waals surface area contributed by atoms with Gasteiger partial charge in [-0.1, -0.05) is 30.3 Å². The number of benzene rings is 1. The Labute approximate surface area is 103 Å². The highest BCUT2D eigenvalue weighted by molar-refractivity contribution is 7.92. The van der Waals surface area contributed by atoms with Gasteiger partial charge in [0.1, 0.15) is 11.1 Å². The fraction of sp³-hybridized carbons (Fsp3) is 0.0909. The first-order valence-corrected chi connectivity index (χ1v) is 7.39. The predicted octanol–water partition coefficient (Wildman–Crippen LogP) is 2.09. The Kier molecular flexibility index (Phi) is 2.96. The molecular formula is C11H8N2O2S2. The quantitative estimate of drug-likeness (QED) is 0.832. The first-order valence-electron chi connectivity index (χ1n) is 4.69. The van der Waals surface area contributed by atoms with Crippen LogP contribution in [-0.4, -0.2) is 19.7 Å². The molecule has 0 saturated heterocycles. The number of aromatic nitrogens is 1. The van der Waals surface area contributed by atoms with Crippen LogP contribution in [0.5, 0.6) is 0 Å². The van der Waals surface area contributed by atoms with Crippen LogP contribution in [0.15, 0.2) is 34.5 Å². The molecule has 1 heterocycles. The van der Waals surface area contributed by atoms with Gasteiger partial charge in [0.25, 0.3) is 0 Å². The zero-order valence-corrected chi connectivity index (χ0v) is 10.5. The summed E-state index contributed by atoms with van der Waals surface area (Å²) >= 11 is 1.02. The molecule has 0 aliphatic heterocycles. The van der Waals surface area contributed by atoms with Crippen molar-refractivity contribution in [3.63, 3.8) is 0 Å². The van der Waals surface area contributed by atoms with Gasteiger partial charge >= 0.3 is 0 Å². The van der Waals surface area contributed by atoms with E-state index >= 15 is 0 Å². The average Bonchev–Trinajstić information content (AvgIpc) is 2.74. The van der Waals surface area contributed by atoms with E-state index in [0.29, 0.717) is 5.01 Å². The Bertz CT molecular complexity index is 682. The molecule has 86 valence electrons. The van der Waals surface area contributed by atoms with Crippen LogP contribution in [0.25, 0.3) is 10.6 Å². The Morgan fingerprint density at radius 2 is 1.94 bits per heavy atom. The molecule has 1 aromatic carbocycles. The standard InChI is InChI=1S/C11H8N2O2S2/c1-17(14,15)11-9(7-12)13-10(16-11)8-5-3-2-4-6-8/h2-6H,1H3. The second-order valence-corrected chi connectivity index (χ2v) is 6.62. The van der Waals surface area contributed by atoms with Crippen molar-refractivity contribution in [2.75, 3.05) is 6.26 Å². The van der Waals surface area contributed by atoms with E-state index in [2.05, 4.69) is 4.98 Å². The molecule has 0 spiro atoms. The number of hydrogen-bond donors (Lipinski definition) is 0. The van der Waals surface area contributed by atoms with Crippen molar-refractivity contribution >= 4 is 21.2 Å². The molecule has 17 heavy (non-hydrogen) atoms. The smallest absolute Gasteiger partial charge is 0.187 e. The van der Waals surface area contributed by atoms with Crippen LogP contribution in [0, 0.1) is 11.3 Å². The Morgan fingerprint density at radius 1 is 1.29 bits per heavy atom. The van der Waals surface area contributed by atoms with Crippen molar-refractivity contribution in [1.82, 2.24) is 4.98 Å². The van der Waals surface area contributed by atoms with Crippen molar-refractivity contribution in [3.8, 4) is 16.6 Å². The molecule has 0 amide bonds. The zero-order valence-electron chi connectivity index (χ0n) is 8.91. The number of nitriles is 1. The lowest BCUT2D eigenvalue weighted by Crippen LogP contribution is -1.96. The summed E-state index contributed by atoms with van der Waals surface area (Å²) in [6.07, 6.45) is 1.08. The molecule has 0 radical (unpaired) electrons. The maximum atomic E-state index is 11.5. The van der Waals surface area contributed by atoms with Crippen molar-refractivity contribution < 1.29 is 8.42 Å². The van der Waals surface area contributed by atoms with E-state index < -0.39 is 9.84 Å². The monoisotopic (exact) mass is 264 g/mol. The van der Waals surface area contributed by atoms with Gasteiger partial charge in [0.05, 0.1) is 0 Å². The molecule has 2 aromatic rings. The minimum atomic E-state index is -3.40. The topological polar surface area (TPSA) is 70.8 Å². The van der Waals surface area contributed by atoms with Gasteiger partial charge in [0, 0.05) is 11.8 Å². The van der Waals surface area contributed by atoms with Crippen LogP contribution in [-0.2, 0) is 9.84 Å². The molecule has 0 aliphatic rings. The van der Waals surface area contributed by atoms with Crippen molar-refractivity contribution in [3.05, 3.63) is 36.0 Å². The molecule has 0 atom stereocenters. The highest BCUT2D eigenvalue weighted by Crippen LogP contribution is 2.30. The van der Waals surface area contributed by atoms with E-state index in [4.69, 9.17) is 5.26 Å². The molecule has 0 fully saturated rings. The lowest BCUT2D eigenvalue weighted by molar-refractivity contribution is 0.603. The molecule has 1 aromatic heterocycles. The number of rotatable bonds is 2. The number of hydrogen-bond acceptors (Lipinski definition) is 5. The third-order valence-electron chi connectivity index (χ3n) is 2.06. The van der Waals surface area contributed by atoms with Crippen molar-refractivity contribution in [2.24, 2.45) is 0 Å². The number of sulfone groups is 1. The largest absolute Gasteiger partial charge is 0.224 e. The molecule has 0 aliphatic carbocycles. The fourth-order valence-corrected chi connectivity index (χ4v) is 3.37. The second-order valence-electron chi connectivity index (χ2n) is 3.41. The van der Waals surface area contributed by atoms with Crippen LogP contribution in [0.4, 0.5) is 0 Å². The number of nitrogens with zero attached hydrogens (tertiary/aromatic N) is 2. The Morgan fingerprint density at radius 3 is 2.41 bits per heavy atom. The summed E-state index contributed by atoms with van der Waals surface area (Å²) in [7, 11) is -3.40. The van der Waals surface area contributed by atoms with Crippen LogP contribution < -0.4 is 0 Å². The average molecular weight is 264 g/mol. The van der Waals surface area contributed by atoms with E-state index in [1.807, 2.05) is 36.4 Å². The van der Waals surface area contributed by atoms with E-state index in [1.54, 1.807) is 0 Å². The minimum absolute atomic E-state index is 0.0267. The zero-order chi connectivity index (χ0) is 12.5. The molecular weight excluding hydrogens is 256 g/mol. The normalized spacial score (nSPS) is 11.1. The summed E-state index contributed by atoms with van der Waals surface area (Å²) in [5.41, 5.74) is 0.778. The third kappa shape index (κ3) is 2.35. The van der Waals surface area contributed by atoms with Crippen LogP contribution in [0.3, 0.4) is 0 Å². The SMILES string of the molecule is CS(=O)(=O)c1sc(-c2ccccc2)nc1C#N. The Balaban J connectivity index is 2.62. The van der Waals surface area contributed by atoms with Gasteiger partial charge in [0.2, 0.25) is 0 Å². The van der Waals surface area contributed by atoms with E-state index in [-0.39, 0.29) is 9.90 Å². The van der Waals surface area contributed by atoms with Crippen LogP contribution in [0.1, 0.15) is 5.69 Å². The second kappa shape index (κ2) is 4.28. The van der Waals surface area contributed by atoms with E-state index in [9.17, 15) is 8.42 Å². The summed E-state index contributed by atoms with van der Waals surface area (Å²) in [6.45, 7) is 0. The van der Waals surface area contributed by atoms with Gasteiger partial charge in [-0.25, -0.2) is 13.4 Å². The molecule has 2 rings (SSSR count). The first kappa shape index (κ1) is 11.8.